The highest BCUT2D eigenvalue weighted by Gasteiger charge is 2.33. The number of hydrogen-bond donors (Lipinski definition) is 2. The van der Waals surface area contributed by atoms with Gasteiger partial charge in [-0.2, -0.15) is 9.61 Å². The number of carbonyl (C=O) groups is 2. The molecule has 1 aromatic carbocycles. The van der Waals surface area contributed by atoms with E-state index in [4.69, 9.17) is 26.4 Å². The molecule has 3 aliphatic rings. The Morgan fingerprint density at radius 2 is 1.83 bits per heavy atom. The summed E-state index contributed by atoms with van der Waals surface area (Å²) >= 11 is 6.32. The molecule has 3 aliphatic heterocycles. The van der Waals surface area contributed by atoms with Crippen LogP contribution in [-0.4, -0.2) is 83.4 Å². The van der Waals surface area contributed by atoms with Crippen LogP contribution in [0.3, 0.4) is 0 Å². The molecular weight excluding hydrogens is 544 g/mol. The van der Waals surface area contributed by atoms with Crippen molar-refractivity contribution in [2.75, 3.05) is 60.9 Å². The molecule has 2 N–H and O–H groups in total. The summed E-state index contributed by atoms with van der Waals surface area (Å²) < 4.78 is 7.19. The van der Waals surface area contributed by atoms with Crippen molar-refractivity contribution in [3.05, 3.63) is 46.6 Å². The van der Waals surface area contributed by atoms with E-state index < -0.39 is 6.09 Å². The summed E-state index contributed by atoms with van der Waals surface area (Å²) in [4.78, 5) is 38.0. The number of carbonyl (C=O) groups excluding carboxylic acids is 2. The van der Waals surface area contributed by atoms with Crippen molar-refractivity contribution in [1.29, 1.82) is 0 Å². The van der Waals surface area contributed by atoms with E-state index in [2.05, 4.69) is 26.5 Å². The summed E-state index contributed by atoms with van der Waals surface area (Å²) in [6.45, 7) is 9.78. The third kappa shape index (κ3) is 5.78. The molecule has 2 aromatic heterocycles. The maximum atomic E-state index is 14.1. The van der Waals surface area contributed by atoms with Gasteiger partial charge in [0.1, 0.15) is 11.6 Å². The fraction of sp³-hybridized carbons (Fsp3) is 0.517. The molecule has 0 aliphatic carbocycles. The topological polar surface area (TPSA) is 107 Å². The zero-order valence-electron chi connectivity index (χ0n) is 23.6. The van der Waals surface area contributed by atoms with Crippen LogP contribution < -0.4 is 20.4 Å². The van der Waals surface area contributed by atoms with Gasteiger partial charge in [-0.1, -0.05) is 11.6 Å². The van der Waals surface area contributed by atoms with E-state index >= 15 is 0 Å². The first kappa shape index (κ1) is 27.6. The average Bonchev–Trinajstić information content (AvgIpc) is 3.36. The van der Waals surface area contributed by atoms with Gasteiger partial charge in [-0.25, -0.2) is 9.78 Å². The van der Waals surface area contributed by atoms with E-state index in [9.17, 15) is 9.59 Å². The number of hydrogen-bond acceptors (Lipinski definition) is 8. The number of fused-ring (bicyclic) bond motifs is 1. The predicted octanol–water partition coefficient (Wildman–Crippen LogP) is 4.33. The number of rotatable bonds is 6. The van der Waals surface area contributed by atoms with Gasteiger partial charge in [0, 0.05) is 63.0 Å². The number of anilines is 3. The Morgan fingerprint density at radius 1 is 1.02 bits per heavy atom. The molecule has 1 unspecified atom stereocenters. The minimum Gasteiger partial charge on any atom is -0.447 e. The highest BCUT2D eigenvalue weighted by Crippen LogP contribution is 2.35. The second-order valence-electron chi connectivity index (χ2n) is 11.2. The Kier molecular flexibility index (Phi) is 7.90. The molecule has 12 heteroatoms. The highest BCUT2D eigenvalue weighted by atomic mass is 35.5. The number of piperazine rings is 1. The number of benzene rings is 1. The summed E-state index contributed by atoms with van der Waals surface area (Å²) in [5, 5.41) is 11.6. The molecule has 0 radical (unpaired) electrons. The van der Waals surface area contributed by atoms with Crippen LogP contribution in [0.5, 0.6) is 0 Å². The molecule has 0 saturated carbocycles. The molecule has 0 spiro atoms. The van der Waals surface area contributed by atoms with Gasteiger partial charge in [0.2, 0.25) is 0 Å². The number of likely N-dealkylation sites (tertiary alicyclic amines) is 1. The Hall–Kier alpha value is -3.57. The van der Waals surface area contributed by atoms with Gasteiger partial charge in [0.25, 0.3) is 5.91 Å². The van der Waals surface area contributed by atoms with E-state index in [1.165, 1.54) is 6.42 Å². The van der Waals surface area contributed by atoms with Crippen molar-refractivity contribution in [2.24, 2.45) is 0 Å². The second-order valence-corrected chi connectivity index (χ2v) is 11.6. The largest absolute Gasteiger partial charge is 0.447 e. The molecule has 218 valence electrons. The lowest BCUT2D eigenvalue weighted by atomic mass is 9.98. The number of amides is 2. The van der Waals surface area contributed by atoms with Crippen molar-refractivity contribution >= 4 is 46.6 Å². The smallest absolute Gasteiger partial charge is 0.411 e. The van der Waals surface area contributed by atoms with E-state index in [0.29, 0.717) is 22.8 Å². The standard InChI is InChI=1S/C29H37ClN8O3/c1-19(2)41-29(40)32-22-8-7-20(30)16-21(22)28(39)37-13-4-3-6-24(37)23-17-26-33-25(35-11-5-12-35)18-27(38(26)34-23)36-14-9-31-10-15-36/h7-8,16-19,24,31H,3-6,9-15H2,1-2H3,(H,32,40). The summed E-state index contributed by atoms with van der Waals surface area (Å²) in [5.41, 5.74) is 2.30. The first-order valence-electron chi connectivity index (χ1n) is 14.6. The van der Waals surface area contributed by atoms with Crippen LogP contribution in [0.1, 0.15) is 61.6 Å². The van der Waals surface area contributed by atoms with Gasteiger partial charge >= 0.3 is 6.09 Å². The monoisotopic (exact) mass is 580 g/mol. The van der Waals surface area contributed by atoms with Crippen LogP contribution in [0.2, 0.25) is 5.02 Å². The summed E-state index contributed by atoms with van der Waals surface area (Å²) in [6.07, 6.45) is 2.94. The van der Waals surface area contributed by atoms with Crippen molar-refractivity contribution in [3.63, 3.8) is 0 Å². The number of nitrogens with one attached hydrogen (secondary N) is 2. The van der Waals surface area contributed by atoms with Crippen LogP contribution in [-0.2, 0) is 4.74 Å². The van der Waals surface area contributed by atoms with Crippen LogP contribution in [0.4, 0.5) is 22.1 Å². The van der Waals surface area contributed by atoms with Gasteiger partial charge in [-0.05, 0) is 57.7 Å². The number of nitrogens with zero attached hydrogens (tertiary/aromatic N) is 6. The third-order valence-corrected chi connectivity index (χ3v) is 8.17. The van der Waals surface area contributed by atoms with Crippen LogP contribution >= 0.6 is 11.6 Å². The Morgan fingerprint density at radius 3 is 2.56 bits per heavy atom. The first-order chi connectivity index (χ1) is 19.9. The third-order valence-electron chi connectivity index (χ3n) is 7.93. The predicted molar refractivity (Wildman–Crippen MR) is 159 cm³/mol. The molecule has 2 amide bonds. The summed E-state index contributed by atoms with van der Waals surface area (Å²) in [5.74, 6) is 1.80. The molecular formula is C29H37ClN8O3. The molecule has 3 saturated heterocycles. The quantitative estimate of drug-likeness (QED) is 0.444. The van der Waals surface area contributed by atoms with Gasteiger partial charge in [0.05, 0.1) is 29.1 Å². The lowest BCUT2D eigenvalue weighted by Gasteiger charge is -2.35. The van der Waals surface area contributed by atoms with Crippen molar-refractivity contribution < 1.29 is 14.3 Å². The molecule has 11 nitrogen and oxygen atoms in total. The van der Waals surface area contributed by atoms with E-state index in [1.807, 2.05) is 15.5 Å². The minimum absolute atomic E-state index is 0.203. The first-order valence-corrected chi connectivity index (χ1v) is 14.9. The molecule has 3 aromatic rings. The van der Waals surface area contributed by atoms with Crippen molar-refractivity contribution in [2.45, 2.75) is 51.7 Å². The number of halogens is 1. The Labute approximate surface area is 244 Å². The lowest BCUT2D eigenvalue weighted by molar-refractivity contribution is 0.0607. The minimum atomic E-state index is -0.614. The average molecular weight is 581 g/mol. The molecule has 1 atom stereocenters. The van der Waals surface area contributed by atoms with E-state index in [0.717, 1.165) is 81.5 Å². The molecule has 41 heavy (non-hydrogen) atoms. The fourth-order valence-electron chi connectivity index (χ4n) is 5.75. The molecule has 6 rings (SSSR count). The summed E-state index contributed by atoms with van der Waals surface area (Å²) in [6, 6.07) is 8.85. The Bertz CT molecular complexity index is 1430. The van der Waals surface area contributed by atoms with E-state index in [-0.39, 0.29) is 18.1 Å². The Balaban J connectivity index is 1.34. The van der Waals surface area contributed by atoms with Gasteiger partial charge < -0.3 is 24.8 Å². The number of piperidine rings is 1. The SMILES string of the molecule is CC(C)OC(=O)Nc1ccc(Cl)cc1C(=O)N1CCCCC1c1cc2nc(N3CCC3)cc(N3CCNCC3)n2n1. The summed E-state index contributed by atoms with van der Waals surface area (Å²) in [7, 11) is 0. The van der Waals surface area contributed by atoms with Crippen LogP contribution in [0, 0.1) is 0 Å². The van der Waals surface area contributed by atoms with Crippen molar-refractivity contribution in [3.8, 4) is 0 Å². The number of ether oxygens (including phenoxy) is 1. The van der Waals surface area contributed by atoms with Gasteiger partial charge in [-0.3, -0.25) is 10.1 Å². The zero-order valence-corrected chi connectivity index (χ0v) is 24.4. The van der Waals surface area contributed by atoms with Crippen molar-refractivity contribution in [1.82, 2.24) is 24.8 Å². The molecule has 5 heterocycles. The number of aromatic nitrogens is 3. The second kappa shape index (κ2) is 11.7. The fourth-order valence-corrected chi connectivity index (χ4v) is 5.92. The van der Waals surface area contributed by atoms with Crippen LogP contribution in [0.25, 0.3) is 5.65 Å². The zero-order chi connectivity index (χ0) is 28.5. The van der Waals surface area contributed by atoms with Gasteiger partial charge in [-0.15, -0.1) is 0 Å². The van der Waals surface area contributed by atoms with Gasteiger partial charge in [0.15, 0.2) is 5.65 Å². The molecule has 0 bridgehead atoms. The highest BCUT2D eigenvalue weighted by molar-refractivity contribution is 6.31. The van der Waals surface area contributed by atoms with E-state index in [1.54, 1.807) is 32.0 Å². The maximum Gasteiger partial charge on any atom is 0.411 e. The maximum absolute atomic E-state index is 14.1. The lowest BCUT2D eigenvalue weighted by Crippen LogP contribution is -2.44. The van der Waals surface area contributed by atoms with Crippen LogP contribution in [0.15, 0.2) is 30.3 Å². The molecule has 3 fully saturated rings. The normalized spacial score (nSPS) is 19.4.